The fraction of sp³-hybridized carbons (Fsp3) is 0.176. The lowest BCUT2D eigenvalue weighted by Crippen LogP contribution is -2.36. The van der Waals surface area contributed by atoms with Gasteiger partial charge in [0.05, 0.1) is 4.90 Å². The van der Waals surface area contributed by atoms with Crippen molar-refractivity contribution in [3.8, 4) is 0 Å². The van der Waals surface area contributed by atoms with E-state index in [1.807, 2.05) is 0 Å². The van der Waals surface area contributed by atoms with E-state index in [9.17, 15) is 18.0 Å². The zero-order chi connectivity index (χ0) is 19.3. The lowest BCUT2D eigenvalue weighted by Gasteiger charge is -2.09. The van der Waals surface area contributed by atoms with E-state index < -0.39 is 21.8 Å². The number of anilines is 1. The van der Waals surface area contributed by atoms with Crippen molar-refractivity contribution in [2.24, 2.45) is 5.14 Å². The molecule has 7 nitrogen and oxygen atoms in total. The molecule has 0 bridgehead atoms. The second kappa shape index (κ2) is 8.31. The maximum Gasteiger partial charge on any atom is 0.313 e. The first kappa shape index (κ1) is 19.9. The van der Waals surface area contributed by atoms with Gasteiger partial charge in [0.1, 0.15) is 0 Å². The minimum atomic E-state index is -3.73. The molecular weight excluding hydrogens is 378 g/mol. The highest BCUT2D eigenvalue weighted by molar-refractivity contribution is 7.89. The second-order valence-electron chi connectivity index (χ2n) is 5.61. The molecular formula is C17H18ClN3O4S. The van der Waals surface area contributed by atoms with Crippen molar-refractivity contribution >= 4 is 39.1 Å². The van der Waals surface area contributed by atoms with Crippen LogP contribution in [0.4, 0.5) is 5.69 Å². The van der Waals surface area contributed by atoms with Gasteiger partial charge in [0.2, 0.25) is 10.0 Å². The van der Waals surface area contributed by atoms with Crippen LogP contribution in [0.3, 0.4) is 0 Å². The van der Waals surface area contributed by atoms with Crippen molar-refractivity contribution in [1.82, 2.24) is 5.32 Å². The molecule has 0 aliphatic rings. The molecule has 0 aliphatic heterocycles. The molecule has 0 radical (unpaired) electrons. The van der Waals surface area contributed by atoms with E-state index in [1.54, 1.807) is 37.3 Å². The Morgan fingerprint density at radius 3 is 2.31 bits per heavy atom. The summed E-state index contributed by atoms with van der Waals surface area (Å²) in [5.41, 5.74) is 2.05. The van der Waals surface area contributed by atoms with E-state index in [4.69, 9.17) is 16.7 Å². The highest BCUT2D eigenvalue weighted by Gasteiger charge is 2.14. The minimum absolute atomic E-state index is 0.0167. The van der Waals surface area contributed by atoms with Crippen LogP contribution in [0.15, 0.2) is 47.4 Å². The number of primary sulfonamides is 1. The number of nitrogens with two attached hydrogens (primary N) is 1. The van der Waals surface area contributed by atoms with Crippen molar-refractivity contribution in [3.63, 3.8) is 0 Å². The summed E-state index contributed by atoms with van der Waals surface area (Å²) in [4.78, 5) is 23.8. The van der Waals surface area contributed by atoms with Crippen LogP contribution in [-0.4, -0.2) is 26.8 Å². The van der Waals surface area contributed by atoms with Gasteiger partial charge in [0.25, 0.3) is 0 Å². The van der Waals surface area contributed by atoms with Crippen molar-refractivity contribution < 1.29 is 18.0 Å². The van der Waals surface area contributed by atoms with Crippen LogP contribution in [0.2, 0.25) is 5.02 Å². The van der Waals surface area contributed by atoms with Gasteiger partial charge in [-0.3, -0.25) is 9.59 Å². The minimum Gasteiger partial charge on any atom is -0.347 e. The van der Waals surface area contributed by atoms with Crippen molar-refractivity contribution in [2.75, 3.05) is 11.9 Å². The Bertz CT molecular complexity index is 928. The average molecular weight is 396 g/mol. The molecule has 0 saturated carbocycles. The number of sulfonamides is 1. The quantitative estimate of drug-likeness (QED) is 0.666. The molecule has 0 aliphatic carbocycles. The first-order valence-corrected chi connectivity index (χ1v) is 9.56. The highest BCUT2D eigenvalue weighted by Crippen LogP contribution is 2.19. The molecule has 0 unspecified atom stereocenters. The Hall–Kier alpha value is -2.42. The molecule has 0 heterocycles. The number of halogens is 1. The van der Waals surface area contributed by atoms with Crippen LogP contribution >= 0.6 is 11.6 Å². The molecule has 138 valence electrons. The van der Waals surface area contributed by atoms with Gasteiger partial charge >= 0.3 is 11.8 Å². The number of hydrogen-bond donors (Lipinski definition) is 3. The summed E-state index contributed by atoms with van der Waals surface area (Å²) < 4.78 is 22.4. The van der Waals surface area contributed by atoms with Crippen LogP contribution < -0.4 is 15.8 Å². The van der Waals surface area contributed by atoms with Crippen LogP contribution in [0.1, 0.15) is 11.1 Å². The first-order chi connectivity index (χ1) is 12.2. The van der Waals surface area contributed by atoms with E-state index in [0.717, 1.165) is 11.1 Å². The van der Waals surface area contributed by atoms with E-state index in [2.05, 4.69) is 10.6 Å². The van der Waals surface area contributed by atoms with Crippen molar-refractivity contribution in [3.05, 3.63) is 58.6 Å². The zero-order valence-corrected chi connectivity index (χ0v) is 15.5. The number of benzene rings is 2. The summed E-state index contributed by atoms with van der Waals surface area (Å²) in [5, 5.41) is 10.6. The molecule has 0 aromatic heterocycles. The Kier molecular flexibility index (Phi) is 6.36. The summed E-state index contributed by atoms with van der Waals surface area (Å²) in [6, 6.07) is 10.9. The average Bonchev–Trinajstić information content (AvgIpc) is 2.57. The fourth-order valence-electron chi connectivity index (χ4n) is 2.19. The van der Waals surface area contributed by atoms with E-state index in [1.165, 1.54) is 12.1 Å². The van der Waals surface area contributed by atoms with E-state index in [-0.39, 0.29) is 11.4 Å². The van der Waals surface area contributed by atoms with Gasteiger partial charge in [-0.2, -0.15) is 0 Å². The SMILES string of the molecule is Cc1cc(Cl)ccc1NC(=O)C(=O)NCCc1ccc(S(N)(=O)=O)cc1. The normalized spacial score (nSPS) is 11.0. The van der Waals surface area contributed by atoms with Crippen LogP contribution in [0.5, 0.6) is 0 Å². The maximum atomic E-state index is 11.9. The molecule has 2 rings (SSSR count). The third-order valence-electron chi connectivity index (χ3n) is 3.59. The smallest absolute Gasteiger partial charge is 0.313 e. The summed E-state index contributed by atoms with van der Waals surface area (Å²) >= 11 is 5.85. The van der Waals surface area contributed by atoms with Gasteiger partial charge in [0.15, 0.2) is 0 Å². The third-order valence-corrected chi connectivity index (χ3v) is 4.76. The number of rotatable bonds is 5. The first-order valence-electron chi connectivity index (χ1n) is 7.64. The summed E-state index contributed by atoms with van der Waals surface area (Å²) in [6.45, 7) is 1.99. The van der Waals surface area contributed by atoms with E-state index >= 15 is 0 Å². The fourth-order valence-corrected chi connectivity index (χ4v) is 2.93. The van der Waals surface area contributed by atoms with Crippen LogP contribution in [-0.2, 0) is 26.0 Å². The summed E-state index contributed by atoms with van der Waals surface area (Å²) in [6.07, 6.45) is 0.434. The highest BCUT2D eigenvalue weighted by atomic mass is 35.5. The lowest BCUT2D eigenvalue weighted by atomic mass is 10.1. The third kappa shape index (κ3) is 5.55. The molecule has 2 aromatic rings. The number of amides is 2. The van der Waals surface area contributed by atoms with Gasteiger partial charge in [0, 0.05) is 17.3 Å². The van der Waals surface area contributed by atoms with Crippen molar-refractivity contribution in [1.29, 1.82) is 0 Å². The second-order valence-corrected chi connectivity index (χ2v) is 7.61. The maximum absolute atomic E-state index is 11.9. The molecule has 26 heavy (non-hydrogen) atoms. The topological polar surface area (TPSA) is 118 Å². The largest absolute Gasteiger partial charge is 0.347 e. The predicted molar refractivity (Wildman–Crippen MR) is 99.3 cm³/mol. The molecule has 0 fully saturated rings. The van der Waals surface area contributed by atoms with Gasteiger partial charge < -0.3 is 10.6 Å². The van der Waals surface area contributed by atoms with Gasteiger partial charge in [-0.05, 0) is 54.8 Å². The number of nitrogens with one attached hydrogen (secondary N) is 2. The molecule has 2 amide bonds. The Labute approximate surface area is 156 Å². The van der Waals surface area contributed by atoms with Crippen molar-refractivity contribution in [2.45, 2.75) is 18.2 Å². The Balaban J connectivity index is 1.85. The van der Waals surface area contributed by atoms with Crippen LogP contribution in [0, 0.1) is 6.92 Å². The van der Waals surface area contributed by atoms with Gasteiger partial charge in [-0.1, -0.05) is 23.7 Å². The number of aryl methyl sites for hydroxylation is 1. The lowest BCUT2D eigenvalue weighted by molar-refractivity contribution is -0.136. The Morgan fingerprint density at radius 1 is 1.08 bits per heavy atom. The Morgan fingerprint density at radius 2 is 1.73 bits per heavy atom. The molecule has 0 spiro atoms. The predicted octanol–water partition coefficient (Wildman–Crippen LogP) is 1.59. The van der Waals surface area contributed by atoms with E-state index in [0.29, 0.717) is 17.1 Å². The van der Waals surface area contributed by atoms with Gasteiger partial charge in [-0.25, -0.2) is 13.6 Å². The summed E-state index contributed by atoms with van der Waals surface area (Å²) in [7, 11) is -3.73. The molecule has 0 atom stereocenters. The molecule has 2 aromatic carbocycles. The molecule has 4 N–H and O–H groups in total. The van der Waals surface area contributed by atoms with Crippen LogP contribution in [0.25, 0.3) is 0 Å². The molecule has 9 heteroatoms. The number of hydrogen-bond acceptors (Lipinski definition) is 4. The van der Waals surface area contributed by atoms with Gasteiger partial charge in [-0.15, -0.1) is 0 Å². The molecule has 0 saturated heterocycles. The monoisotopic (exact) mass is 395 g/mol. The number of carbonyl (C=O) groups excluding carboxylic acids is 2. The zero-order valence-electron chi connectivity index (χ0n) is 14.0. The standard InChI is InChI=1S/C17H18ClN3O4S/c1-11-10-13(18)4-7-15(11)21-17(23)16(22)20-9-8-12-2-5-14(6-3-12)26(19,24)25/h2-7,10H,8-9H2,1H3,(H,20,22)(H,21,23)(H2,19,24,25). The number of carbonyl (C=O) groups is 2. The summed E-state index contributed by atoms with van der Waals surface area (Å²) in [5.74, 6) is -1.54.